The van der Waals surface area contributed by atoms with Crippen LogP contribution in [0, 0.1) is 6.92 Å². The SMILES string of the molecule is Cc1cc(Br)c(NS(=O)(=O)c2ccc(Cl)s2)cc1N. The Labute approximate surface area is 128 Å². The largest absolute Gasteiger partial charge is 0.398 e. The predicted molar refractivity (Wildman–Crippen MR) is 83.4 cm³/mol. The number of rotatable bonds is 3. The van der Waals surface area contributed by atoms with Gasteiger partial charge < -0.3 is 5.73 Å². The van der Waals surface area contributed by atoms with Crippen LogP contribution in [0.5, 0.6) is 0 Å². The van der Waals surface area contributed by atoms with Crippen molar-refractivity contribution in [1.29, 1.82) is 0 Å². The molecule has 3 N–H and O–H groups in total. The van der Waals surface area contributed by atoms with E-state index in [1.165, 1.54) is 6.07 Å². The minimum absolute atomic E-state index is 0.156. The van der Waals surface area contributed by atoms with Crippen LogP contribution in [0.3, 0.4) is 0 Å². The van der Waals surface area contributed by atoms with Gasteiger partial charge in [-0.25, -0.2) is 8.42 Å². The molecular weight excluding hydrogens is 372 g/mol. The Morgan fingerprint density at radius 1 is 1.37 bits per heavy atom. The lowest BCUT2D eigenvalue weighted by Gasteiger charge is -2.10. The maximum Gasteiger partial charge on any atom is 0.271 e. The Kier molecular flexibility index (Phi) is 4.10. The highest BCUT2D eigenvalue weighted by Crippen LogP contribution is 2.32. The van der Waals surface area contributed by atoms with Crippen molar-refractivity contribution in [2.24, 2.45) is 0 Å². The fraction of sp³-hybridized carbons (Fsp3) is 0.0909. The third-order valence-electron chi connectivity index (χ3n) is 2.41. The van der Waals surface area contributed by atoms with E-state index in [-0.39, 0.29) is 4.21 Å². The summed E-state index contributed by atoms with van der Waals surface area (Å²) < 4.78 is 28.0. The lowest BCUT2D eigenvalue weighted by molar-refractivity contribution is 0.603. The van der Waals surface area contributed by atoms with Crippen molar-refractivity contribution in [2.45, 2.75) is 11.1 Å². The lowest BCUT2D eigenvalue weighted by atomic mass is 10.2. The summed E-state index contributed by atoms with van der Waals surface area (Å²) in [7, 11) is -3.65. The smallest absolute Gasteiger partial charge is 0.271 e. The molecule has 0 radical (unpaired) electrons. The van der Waals surface area contributed by atoms with Gasteiger partial charge in [0, 0.05) is 10.2 Å². The Bertz CT molecular complexity index is 728. The Hall–Kier alpha value is -0.760. The molecule has 1 aromatic heterocycles. The first kappa shape index (κ1) is 14.6. The topological polar surface area (TPSA) is 72.2 Å². The van der Waals surface area contributed by atoms with Crippen molar-refractivity contribution in [3.8, 4) is 0 Å². The van der Waals surface area contributed by atoms with Crippen molar-refractivity contribution >= 4 is 60.3 Å². The maximum atomic E-state index is 12.1. The first-order valence-corrected chi connectivity index (χ1v) is 8.60. The molecule has 0 aliphatic rings. The highest BCUT2D eigenvalue weighted by molar-refractivity contribution is 9.10. The van der Waals surface area contributed by atoms with Crippen molar-refractivity contribution in [1.82, 2.24) is 0 Å². The maximum absolute atomic E-state index is 12.1. The van der Waals surface area contributed by atoms with Crippen LogP contribution in [0.2, 0.25) is 4.34 Å². The van der Waals surface area contributed by atoms with Crippen LogP contribution >= 0.6 is 38.9 Å². The van der Waals surface area contributed by atoms with Gasteiger partial charge in [0.15, 0.2) is 0 Å². The van der Waals surface area contributed by atoms with Crippen LogP contribution in [0.1, 0.15) is 5.56 Å². The standard InChI is InChI=1S/C11H10BrClN2O2S2/c1-6-4-7(12)9(5-8(6)14)15-19(16,17)11-3-2-10(13)18-11/h2-5,15H,14H2,1H3. The molecular formula is C11H10BrClN2O2S2. The van der Waals surface area contributed by atoms with Gasteiger partial charge in [0.1, 0.15) is 4.21 Å². The quantitative estimate of drug-likeness (QED) is 0.793. The van der Waals surface area contributed by atoms with Crippen molar-refractivity contribution in [3.05, 3.63) is 38.6 Å². The zero-order valence-corrected chi connectivity index (χ0v) is 13.8. The van der Waals surface area contributed by atoms with E-state index in [0.29, 0.717) is 20.2 Å². The van der Waals surface area contributed by atoms with Crippen LogP contribution < -0.4 is 10.5 Å². The number of anilines is 2. The molecule has 0 aliphatic heterocycles. The van der Waals surface area contributed by atoms with E-state index in [4.69, 9.17) is 17.3 Å². The predicted octanol–water partition coefficient (Wildman–Crippen LogP) is 3.86. The molecule has 0 aliphatic carbocycles. The molecule has 2 rings (SSSR count). The first-order valence-electron chi connectivity index (χ1n) is 5.13. The van der Waals surface area contributed by atoms with Gasteiger partial charge in [-0.05, 0) is 52.7 Å². The first-order chi connectivity index (χ1) is 8.79. The molecule has 0 bridgehead atoms. The molecule has 0 spiro atoms. The molecule has 0 fully saturated rings. The number of halogens is 2. The van der Waals surface area contributed by atoms with Gasteiger partial charge >= 0.3 is 0 Å². The molecule has 0 unspecified atom stereocenters. The van der Waals surface area contributed by atoms with Gasteiger partial charge in [-0.1, -0.05) is 11.6 Å². The number of benzene rings is 1. The van der Waals surface area contributed by atoms with E-state index in [1.807, 2.05) is 6.92 Å². The summed E-state index contributed by atoms with van der Waals surface area (Å²) in [6.07, 6.45) is 0. The molecule has 19 heavy (non-hydrogen) atoms. The molecule has 102 valence electrons. The molecule has 0 saturated heterocycles. The number of thiophene rings is 1. The van der Waals surface area contributed by atoms with E-state index in [9.17, 15) is 8.42 Å². The monoisotopic (exact) mass is 380 g/mol. The van der Waals surface area contributed by atoms with Crippen LogP contribution in [-0.2, 0) is 10.0 Å². The van der Waals surface area contributed by atoms with Gasteiger partial charge in [0.25, 0.3) is 10.0 Å². The normalized spacial score (nSPS) is 11.5. The Morgan fingerprint density at radius 2 is 2.05 bits per heavy atom. The zero-order chi connectivity index (χ0) is 14.2. The van der Waals surface area contributed by atoms with Crippen LogP contribution in [-0.4, -0.2) is 8.42 Å². The Balaban J connectivity index is 2.38. The second-order valence-corrected chi connectivity index (χ2v) is 8.33. The fourth-order valence-electron chi connectivity index (χ4n) is 1.40. The highest BCUT2D eigenvalue weighted by Gasteiger charge is 2.18. The average molecular weight is 382 g/mol. The van der Waals surface area contributed by atoms with Crippen molar-refractivity contribution < 1.29 is 8.42 Å². The van der Waals surface area contributed by atoms with E-state index in [2.05, 4.69) is 20.7 Å². The summed E-state index contributed by atoms with van der Waals surface area (Å²) in [5.41, 5.74) is 7.56. The van der Waals surface area contributed by atoms with Crippen molar-refractivity contribution in [3.63, 3.8) is 0 Å². The summed E-state index contributed by atoms with van der Waals surface area (Å²) in [6.45, 7) is 1.84. The summed E-state index contributed by atoms with van der Waals surface area (Å²) in [5, 5.41) is 0. The van der Waals surface area contributed by atoms with E-state index in [1.54, 1.807) is 18.2 Å². The van der Waals surface area contributed by atoms with Crippen LogP contribution in [0.4, 0.5) is 11.4 Å². The van der Waals surface area contributed by atoms with Gasteiger partial charge in [0.05, 0.1) is 10.0 Å². The van der Waals surface area contributed by atoms with Gasteiger partial charge in [-0.15, -0.1) is 11.3 Å². The van der Waals surface area contributed by atoms with Crippen molar-refractivity contribution in [2.75, 3.05) is 10.5 Å². The third-order valence-corrected chi connectivity index (χ3v) is 6.16. The molecule has 2 aromatic rings. The highest BCUT2D eigenvalue weighted by atomic mass is 79.9. The molecule has 0 atom stereocenters. The summed E-state index contributed by atoms with van der Waals surface area (Å²) in [5.74, 6) is 0. The molecule has 1 aromatic carbocycles. The number of nitrogens with one attached hydrogen (secondary N) is 1. The van der Waals surface area contributed by atoms with E-state index >= 15 is 0 Å². The van der Waals surface area contributed by atoms with Crippen LogP contribution in [0.15, 0.2) is 32.9 Å². The van der Waals surface area contributed by atoms with E-state index in [0.717, 1.165) is 16.9 Å². The summed E-state index contributed by atoms with van der Waals surface area (Å²) >= 11 is 10.0. The van der Waals surface area contributed by atoms with Crippen LogP contribution in [0.25, 0.3) is 0 Å². The van der Waals surface area contributed by atoms with Gasteiger partial charge in [-0.3, -0.25) is 4.72 Å². The third kappa shape index (κ3) is 3.22. The minimum Gasteiger partial charge on any atom is -0.398 e. The molecule has 8 heteroatoms. The molecule has 4 nitrogen and oxygen atoms in total. The zero-order valence-electron chi connectivity index (χ0n) is 9.78. The fourth-order valence-corrected chi connectivity index (χ4v) is 4.65. The van der Waals surface area contributed by atoms with Gasteiger partial charge in [0.2, 0.25) is 0 Å². The number of hydrogen-bond acceptors (Lipinski definition) is 4. The van der Waals surface area contributed by atoms with Gasteiger partial charge in [-0.2, -0.15) is 0 Å². The summed E-state index contributed by atoms with van der Waals surface area (Å²) in [4.78, 5) is 0. The number of nitrogen functional groups attached to an aromatic ring is 1. The number of sulfonamides is 1. The molecule has 0 saturated carbocycles. The average Bonchev–Trinajstić information content (AvgIpc) is 2.73. The second-order valence-electron chi connectivity index (χ2n) is 3.85. The number of hydrogen-bond donors (Lipinski definition) is 2. The number of nitrogens with two attached hydrogens (primary N) is 1. The molecule has 1 heterocycles. The molecule has 0 amide bonds. The number of aryl methyl sites for hydroxylation is 1. The summed E-state index contributed by atoms with van der Waals surface area (Å²) in [6, 6.07) is 6.33. The Morgan fingerprint density at radius 3 is 2.63 bits per heavy atom. The second kappa shape index (κ2) is 5.32. The minimum atomic E-state index is -3.65. The lowest BCUT2D eigenvalue weighted by Crippen LogP contribution is -2.12. The van der Waals surface area contributed by atoms with E-state index < -0.39 is 10.0 Å².